The number of hydrogen-bond acceptors (Lipinski definition) is 3. The second-order valence-electron chi connectivity index (χ2n) is 4.26. The van der Waals surface area contributed by atoms with Crippen molar-refractivity contribution in [3.05, 3.63) is 46.3 Å². The largest absolute Gasteiger partial charge is 0.369 e. The predicted molar refractivity (Wildman–Crippen MR) is 75.7 cm³/mol. The summed E-state index contributed by atoms with van der Waals surface area (Å²) in [6.07, 6.45) is 1.73. The quantitative estimate of drug-likeness (QED) is 0.749. The van der Waals surface area contributed by atoms with Crippen LogP contribution in [0.3, 0.4) is 0 Å². The van der Waals surface area contributed by atoms with Gasteiger partial charge in [0.05, 0.1) is 5.69 Å². The van der Waals surface area contributed by atoms with E-state index in [1.165, 1.54) is 12.1 Å². The van der Waals surface area contributed by atoms with Crippen LogP contribution in [-0.2, 0) is 0 Å². The van der Waals surface area contributed by atoms with E-state index in [4.69, 9.17) is 5.73 Å². The smallest absolute Gasteiger partial charge is 0.207 e. The van der Waals surface area contributed by atoms with Gasteiger partial charge in [0.25, 0.3) is 0 Å². The Balaban J connectivity index is 2.36. The average molecular weight is 321 g/mol. The van der Waals surface area contributed by atoms with Gasteiger partial charge in [-0.25, -0.2) is 14.4 Å². The SMILES string of the molecule is Cc1cnc2c(c1)nc(N)n2-c1cc(F)ccc1Br. The first-order chi connectivity index (χ1) is 9.06. The van der Waals surface area contributed by atoms with Gasteiger partial charge in [0.15, 0.2) is 5.65 Å². The van der Waals surface area contributed by atoms with Crippen LogP contribution in [0.15, 0.2) is 34.9 Å². The number of halogens is 2. The van der Waals surface area contributed by atoms with Gasteiger partial charge in [-0.05, 0) is 52.7 Å². The van der Waals surface area contributed by atoms with E-state index in [9.17, 15) is 4.39 Å². The molecule has 0 spiro atoms. The lowest BCUT2D eigenvalue weighted by Gasteiger charge is -2.08. The number of nitrogens with zero attached hydrogens (tertiary/aromatic N) is 3. The van der Waals surface area contributed by atoms with Crippen LogP contribution < -0.4 is 5.73 Å². The topological polar surface area (TPSA) is 56.7 Å². The second kappa shape index (κ2) is 4.31. The summed E-state index contributed by atoms with van der Waals surface area (Å²) < 4.78 is 15.8. The van der Waals surface area contributed by atoms with Crippen LogP contribution in [0.1, 0.15) is 5.56 Å². The molecule has 0 unspecified atom stereocenters. The third-order valence-electron chi connectivity index (χ3n) is 2.81. The first-order valence-electron chi connectivity index (χ1n) is 5.62. The minimum atomic E-state index is -0.341. The molecule has 0 saturated carbocycles. The molecule has 0 bridgehead atoms. The number of imidazole rings is 1. The first kappa shape index (κ1) is 12.1. The molecule has 0 aliphatic heterocycles. The van der Waals surface area contributed by atoms with Crippen LogP contribution in [-0.4, -0.2) is 14.5 Å². The van der Waals surface area contributed by atoms with Gasteiger partial charge in [-0.15, -0.1) is 0 Å². The first-order valence-corrected chi connectivity index (χ1v) is 6.41. The van der Waals surface area contributed by atoms with E-state index in [1.807, 2.05) is 13.0 Å². The summed E-state index contributed by atoms with van der Waals surface area (Å²) in [4.78, 5) is 8.58. The Morgan fingerprint density at radius 2 is 2.11 bits per heavy atom. The lowest BCUT2D eigenvalue weighted by molar-refractivity contribution is 0.626. The number of aromatic nitrogens is 3. The Bertz CT molecular complexity index is 782. The monoisotopic (exact) mass is 320 g/mol. The van der Waals surface area contributed by atoms with Gasteiger partial charge in [0.1, 0.15) is 11.3 Å². The summed E-state index contributed by atoms with van der Waals surface area (Å²) in [5.74, 6) is -0.0639. The molecular weight excluding hydrogens is 311 g/mol. The van der Waals surface area contributed by atoms with E-state index in [0.717, 1.165) is 10.0 Å². The highest BCUT2D eigenvalue weighted by atomic mass is 79.9. The van der Waals surface area contributed by atoms with Gasteiger partial charge in [-0.3, -0.25) is 4.57 Å². The normalized spacial score (nSPS) is 11.1. The molecule has 3 rings (SSSR count). The van der Waals surface area contributed by atoms with Crippen LogP contribution in [0.2, 0.25) is 0 Å². The number of aryl methyl sites for hydroxylation is 1. The maximum atomic E-state index is 13.4. The van der Waals surface area contributed by atoms with Crippen molar-refractivity contribution in [2.75, 3.05) is 5.73 Å². The van der Waals surface area contributed by atoms with Crippen molar-refractivity contribution >= 4 is 33.0 Å². The van der Waals surface area contributed by atoms with Gasteiger partial charge in [-0.1, -0.05) is 0 Å². The number of fused-ring (bicyclic) bond motifs is 1. The fourth-order valence-corrected chi connectivity index (χ4v) is 2.40. The molecule has 3 aromatic rings. The van der Waals surface area contributed by atoms with Gasteiger partial charge < -0.3 is 5.73 Å². The standard InChI is InChI=1S/C13H10BrFN4/c1-7-4-10-12(17-6-7)19(13(16)18-10)11-5-8(15)2-3-9(11)14/h2-6H,1H3,(H2,16,18). The zero-order valence-corrected chi connectivity index (χ0v) is 11.6. The molecule has 2 N–H and O–H groups in total. The van der Waals surface area contributed by atoms with Crippen molar-refractivity contribution in [2.24, 2.45) is 0 Å². The lowest BCUT2D eigenvalue weighted by atomic mass is 10.3. The Morgan fingerprint density at radius 1 is 1.32 bits per heavy atom. The molecule has 0 aliphatic rings. The molecule has 0 atom stereocenters. The van der Waals surface area contributed by atoms with Crippen LogP contribution >= 0.6 is 15.9 Å². The summed E-state index contributed by atoms with van der Waals surface area (Å²) in [6, 6.07) is 6.29. The van der Waals surface area contributed by atoms with E-state index in [0.29, 0.717) is 16.9 Å². The molecule has 2 aromatic heterocycles. The third kappa shape index (κ3) is 1.98. The summed E-state index contributed by atoms with van der Waals surface area (Å²) in [5, 5.41) is 0. The molecule has 0 aliphatic carbocycles. The van der Waals surface area contributed by atoms with Crippen LogP contribution in [0.25, 0.3) is 16.9 Å². The van der Waals surface area contributed by atoms with E-state index in [-0.39, 0.29) is 11.8 Å². The number of nitrogens with two attached hydrogens (primary N) is 1. The minimum Gasteiger partial charge on any atom is -0.369 e. The van der Waals surface area contributed by atoms with Crippen LogP contribution in [0.5, 0.6) is 0 Å². The van der Waals surface area contributed by atoms with Crippen LogP contribution in [0.4, 0.5) is 10.3 Å². The Morgan fingerprint density at radius 3 is 2.89 bits per heavy atom. The fraction of sp³-hybridized carbons (Fsp3) is 0.0769. The predicted octanol–water partition coefficient (Wildman–Crippen LogP) is 3.21. The molecule has 0 amide bonds. The molecule has 96 valence electrons. The Kier molecular flexibility index (Phi) is 2.74. The summed E-state index contributed by atoms with van der Waals surface area (Å²) in [7, 11) is 0. The minimum absolute atomic E-state index is 0.277. The highest BCUT2D eigenvalue weighted by Crippen LogP contribution is 2.28. The van der Waals surface area contributed by atoms with E-state index in [1.54, 1.807) is 16.8 Å². The zero-order chi connectivity index (χ0) is 13.6. The van der Waals surface area contributed by atoms with Gasteiger partial charge in [0.2, 0.25) is 5.95 Å². The Hall–Kier alpha value is -1.95. The van der Waals surface area contributed by atoms with Crippen molar-refractivity contribution < 1.29 is 4.39 Å². The molecule has 19 heavy (non-hydrogen) atoms. The van der Waals surface area contributed by atoms with E-state index in [2.05, 4.69) is 25.9 Å². The summed E-state index contributed by atoms with van der Waals surface area (Å²) >= 11 is 3.39. The molecular formula is C13H10BrFN4. The van der Waals surface area contributed by atoms with E-state index >= 15 is 0 Å². The summed E-state index contributed by atoms with van der Waals surface area (Å²) in [6.45, 7) is 1.93. The molecule has 2 heterocycles. The highest BCUT2D eigenvalue weighted by Gasteiger charge is 2.14. The molecule has 4 nitrogen and oxygen atoms in total. The fourth-order valence-electron chi connectivity index (χ4n) is 1.98. The lowest BCUT2D eigenvalue weighted by Crippen LogP contribution is -2.02. The number of anilines is 1. The number of pyridine rings is 1. The number of rotatable bonds is 1. The van der Waals surface area contributed by atoms with Crippen molar-refractivity contribution in [1.82, 2.24) is 14.5 Å². The molecule has 6 heteroatoms. The number of nitrogen functional groups attached to an aromatic ring is 1. The number of hydrogen-bond donors (Lipinski definition) is 1. The molecule has 0 fully saturated rings. The van der Waals surface area contributed by atoms with Crippen LogP contribution in [0, 0.1) is 12.7 Å². The van der Waals surface area contributed by atoms with Crippen molar-refractivity contribution in [2.45, 2.75) is 6.92 Å². The van der Waals surface area contributed by atoms with Crippen molar-refractivity contribution in [3.63, 3.8) is 0 Å². The maximum Gasteiger partial charge on any atom is 0.207 e. The van der Waals surface area contributed by atoms with Gasteiger partial charge >= 0.3 is 0 Å². The average Bonchev–Trinajstić information content (AvgIpc) is 2.67. The number of benzene rings is 1. The maximum absolute atomic E-state index is 13.4. The van der Waals surface area contributed by atoms with Crippen molar-refractivity contribution in [3.8, 4) is 5.69 Å². The zero-order valence-electron chi connectivity index (χ0n) is 10.1. The second-order valence-corrected chi connectivity index (χ2v) is 5.11. The van der Waals surface area contributed by atoms with Crippen molar-refractivity contribution in [1.29, 1.82) is 0 Å². The molecule has 0 radical (unpaired) electrons. The molecule has 1 aromatic carbocycles. The van der Waals surface area contributed by atoms with E-state index < -0.39 is 0 Å². The third-order valence-corrected chi connectivity index (χ3v) is 3.48. The molecule has 0 saturated heterocycles. The highest BCUT2D eigenvalue weighted by molar-refractivity contribution is 9.10. The Labute approximate surface area is 117 Å². The van der Waals surface area contributed by atoms with Gasteiger partial charge in [-0.2, -0.15) is 0 Å². The summed E-state index contributed by atoms with van der Waals surface area (Å²) in [5.41, 5.74) is 8.79. The van der Waals surface area contributed by atoms with Gasteiger partial charge in [0, 0.05) is 10.7 Å².